The van der Waals surface area contributed by atoms with Gasteiger partial charge in [-0.05, 0) is 36.8 Å². The van der Waals surface area contributed by atoms with Crippen LogP contribution in [0.5, 0.6) is 0 Å². The van der Waals surface area contributed by atoms with Crippen LogP contribution in [0.15, 0.2) is 6.07 Å². The number of thiophene rings is 1. The maximum Gasteiger partial charge on any atom is 0.326 e. The molecular formula is C16H23NO3S. The molecule has 2 unspecified atom stereocenters. The lowest BCUT2D eigenvalue weighted by atomic mass is 10.0. The van der Waals surface area contributed by atoms with Gasteiger partial charge in [0.15, 0.2) is 0 Å². The first-order valence-corrected chi connectivity index (χ1v) is 8.46. The third kappa shape index (κ3) is 3.12. The van der Waals surface area contributed by atoms with E-state index in [9.17, 15) is 14.7 Å². The van der Waals surface area contributed by atoms with Crippen molar-refractivity contribution in [2.45, 2.75) is 52.5 Å². The molecule has 4 nitrogen and oxygen atoms in total. The standard InChI is InChI=1S/C16H23NO3S/c1-4-6-12-11(5-2)9-13(21-12)15(18)17-8-7-10(3)14(17)16(19)20/h9-10,14H,4-8H2,1-3H3,(H,19,20). The Labute approximate surface area is 129 Å². The largest absolute Gasteiger partial charge is 0.480 e. The molecule has 2 heterocycles. The molecule has 2 rings (SSSR count). The van der Waals surface area contributed by atoms with Crippen molar-refractivity contribution in [3.8, 4) is 0 Å². The minimum Gasteiger partial charge on any atom is -0.480 e. The molecular weight excluding hydrogens is 286 g/mol. The van der Waals surface area contributed by atoms with Crippen LogP contribution in [0.3, 0.4) is 0 Å². The maximum atomic E-state index is 12.7. The highest BCUT2D eigenvalue weighted by Crippen LogP contribution is 2.30. The van der Waals surface area contributed by atoms with Crippen molar-refractivity contribution in [2.24, 2.45) is 5.92 Å². The highest BCUT2D eigenvalue weighted by atomic mass is 32.1. The number of carbonyl (C=O) groups is 2. The third-order valence-corrected chi connectivity index (χ3v) is 5.40. The predicted molar refractivity (Wildman–Crippen MR) is 83.9 cm³/mol. The second kappa shape index (κ2) is 6.60. The number of carboxylic acid groups (broad SMARTS) is 1. The molecule has 0 saturated carbocycles. The van der Waals surface area contributed by atoms with E-state index in [2.05, 4.69) is 13.8 Å². The Balaban J connectivity index is 2.25. The zero-order valence-corrected chi connectivity index (χ0v) is 13.7. The predicted octanol–water partition coefficient (Wildman–Crippen LogP) is 3.20. The van der Waals surface area contributed by atoms with E-state index in [0.717, 1.165) is 25.7 Å². The molecule has 0 aromatic carbocycles. The molecule has 1 amide bonds. The van der Waals surface area contributed by atoms with Gasteiger partial charge in [-0.15, -0.1) is 11.3 Å². The van der Waals surface area contributed by atoms with Gasteiger partial charge >= 0.3 is 5.97 Å². The molecule has 2 atom stereocenters. The monoisotopic (exact) mass is 309 g/mol. The number of hydrogen-bond donors (Lipinski definition) is 1. The van der Waals surface area contributed by atoms with Crippen molar-refractivity contribution in [3.63, 3.8) is 0 Å². The van der Waals surface area contributed by atoms with E-state index in [1.54, 1.807) is 0 Å². The van der Waals surface area contributed by atoms with Gasteiger partial charge in [-0.3, -0.25) is 4.79 Å². The van der Waals surface area contributed by atoms with Crippen LogP contribution >= 0.6 is 11.3 Å². The Bertz CT molecular complexity index is 538. The van der Waals surface area contributed by atoms with Crippen LogP contribution in [-0.2, 0) is 17.6 Å². The van der Waals surface area contributed by atoms with Crippen LogP contribution in [0.1, 0.15) is 53.7 Å². The van der Waals surface area contributed by atoms with Crippen molar-refractivity contribution >= 4 is 23.2 Å². The van der Waals surface area contributed by atoms with Crippen LogP contribution in [0.2, 0.25) is 0 Å². The quantitative estimate of drug-likeness (QED) is 0.908. The average Bonchev–Trinajstić information content (AvgIpc) is 3.02. The van der Waals surface area contributed by atoms with Gasteiger partial charge in [-0.1, -0.05) is 27.2 Å². The van der Waals surface area contributed by atoms with Gasteiger partial charge in [0.1, 0.15) is 6.04 Å². The molecule has 1 aromatic heterocycles. The minimum absolute atomic E-state index is 0.0205. The molecule has 0 radical (unpaired) electrons. The highest BCUT2D eigenvalue weighted by Gasteiger charge is 2.40. The summed E-state index contributed by atoms with van der Waals surface area (Å²) >= 11 is 1.53. The lowest BCUT2D eigenvalue weighted by Gasteiger charge is -2.22. The molecule has 0 bridgehead atoms. The van der Waals surface area contributed by atoms with Gasteiger partial charge in [0.2, 0.25) is 0 Å². The molecule has 5 heteroatoms. The van der Waals surface area contributed by atoms with E-state index >= 15 is 0 Å². The normalized spacial score (nSPS) is 21.8. The molecule has 1 saturated heterocycles. The third-order valence-electron chi connectivity index (χ3n) is 4.18. The van der Waals surface area contributed by atoms with Crippen molar-refractivity contribution in [1.82, 2.24) is 4.90 Å². The Morgan fingerprint density at radius 1 is 1.43 bits per heavy atom. The van der Waals surface area contributed by atoms with Crippen molar-refractivity contribution < 1.29 is 14.7 Å². The van der Waals surface area contributed by atoms with Crippen LogP contribution in [0, 0.1) is 5.92 Å². The van der Waals surface area contributed by atoms with Gasteiger partial charge in [-0.25, -0.2) is 4.79 Å². The lowest BCUT2D eigenvalue weighted by molar-refractivity contribution is -0.142. The first-order chi connectivity index (χ1) is 9.99. The summed E-state index contributed by atoms with van der Waals surface area (Å²) in [6.07, 6.45) is 3.72. The number of nitrogens with zero attached hydrogens (tertiary/aromatic N) is 1. The first-order valence-electron chi connectivity index (χ1n) is 7.64. The van der Waals surface area contributed by atoms with Gasteiger partial charge in [0.25, 0.3) is 5.91 Å². The van der Waals surface area contributed by atoms with Crippen LogP contribution in [-0.4, -0.2) is 34.5 Å². The topological polar surface area (TPSA) is 57.6 Å². The number of carboxylic acids is 1. The van der Waals surface area contributed by atoms with Crippen molar-refractivity contribution in [3.05, 3.63) is 21.4 Å². The minimum atomic E-state index is -0.894. The van der Waals surface area contributed by atoms with Crippen molar-refractivity contribution in [2.75, 3.05) is 6.54 Å². The lowest BCUT2D eigenvalue weighted by Crippen LogP contribution is -2.42. The number of aliphatic carboxylic acids is 1. The Hall–Kier alpha value is -1.36. The Morgan fingerprint density at radius 2 is 2.14 bits per heavy atom. The van der Waals surface area contributed by atoms with E-state index in [4.69, 9.17) is 0 Å². The number of hydrogen-bond acceptors (Lipinski definition) is 3. The zero-order valence-electron chi connectivity index (χ0n) is 12.9. The van der Waals surface area contributed by atoms with E-state index < -0.39 is 12.0 Å². The average molecular weight is 309 g/mol. The summed E-state index contributed by atoms with van der Waals surface area (Å²) in [6, 6.07) is 1.28. The summed E-state index contributed by atoms with van der Waals surface area (Å²) in [5, 5.41) is 9.35. The smallest absolute Gasteiger partial charge is 0.326 e. The van der Waals surface area contributed by atoms with E-state index in [-0.39, 0.29) is 11.8 Å². The van der Waals surface area contributed by atoms with E-state index in [1.165, 1.54) is 26.7 Å². The molecule has 1 aromatic rings. The molecule has 21 heavy (non-hydrogen) atoms. The van der Waals surface area contributed by atoms with Gasteiger partial charge in [0.05, 0.1) is 4.88 Å². The number of likely N-dealkylation sites (tertiary alicyclic amines) is 1. The summed E-state index contributed by atoms with van der Waals surface area (Å²) < 4.78 is 0. The van der Waals surface area contributed by atoms with Gasteiger partial charge in [-0.2, -0.15) is 0 Å². The van der Waals surface area contributed by atoms with Gasteiger partial charge < -0.3 is 10.0 Å². The summed E-state index contributed by atoms with van der Waals surface area (Å²) in [5.74, 6) is -0.990. The zero-order chi connectivity index (χ0) is 15.6. The molecule has 1 aliphatic heterocycles. The number of carbonyl (C=O) groups excluding carboxylic acids is 1. The number of rotatable bonds is 5. The molecule has 0 spiro atoms. The highest BCUT2D eigenvalue weighted by molar-refractivity contribution is 7.14. The van der Waals surface area contributed by atoms with Crippen molar-refractivity contribution in [1.29, 1.82) is 0 Å². The fourth-order valence-corrected chi connectivity index (χ4v) is 4.31. The molecule has 1 aliphatic rings. The number of aryl methyl sites for hydroxylation is 2. The number of amides is 1. The summed E-state index contributed by atoms with van der Waals surface area (Å²) in [7, 11) is 0. The molecule has 1 fully saturated rings. The van der Waals surface area contributed by atoms with Crippen LogP contribution in [0.25, 0.3) is 0 Å². The summed E-state index contributed by atoms with van der Waals surface area (Å²) in [6.45, 7) is 6.66. The summed E-state index contributed by atoms with van der Waals surface area (Å²) in [4.78, 5) is 27.6. The molecule has 1 N–H and O–H groups in total. The molecule has 116 valence electrons. The first kappa shape index (κ1) is 16.0. The second-order valence-electron chi connectivity index (χ2n) is 5.71. The van der Waals surface area contributed by atoms with Crippen LogP contribution < -0.4 is 0 Å². The molecule has 0 aliphatic carbocycles. The van der Waals surface area contributed by atoms with Gasteiger partial charge in [0, 0.05) is 11.4 Å². The second-order valence-corrected chi connectivity index (χ2v) is 6.85. The fraction of sp³-hybridized carbons (Fsp3) is 0.625. The van der Waals surface area contributed by atoms with E-state index in [1.807, 2.05) is 13.0 Å². The fourth-order valence-electron chi connectivity index (χ4n) is 3.00. The van der Waals surface area contributed by atoms with E-state index in [0.29, 0.717) is 11.4 Å². The maximum absolute atomic E-state index is 12.7. The van der Waals surface area contributed by atoms with Crippen LogP contribution in [0.4, 0.5) is 0 Å². The summed E-state index contributed by atoms with van der Waals surface area (Å²) in [5.41, 5.74) is 1.23. The SMILES string of the molecule is CCCc1sc(C(=O)N2CCC(C)C2C(=O)O)cc1CC. The Morgan fingerprint density at radius 3 is 2.71 bits per heavy atom. The Kier molecular flexibility index (Phi) is 5.04.